The van der Waals surface area contributed by atoms with Crippen molar-refractivity contribution < 1.29 is 31.8 Å². The molecule has 1 atom stereocenters. The maximum absolute atomic E-state index is 13.9. The minimum absolute atomic E-state index is 0.0285. The lowest BCUT2D eigenvalue weighted by Crippen LogP contribution is -2.53. The van der Waals surface area contributed by atoms with Crippen LogP contribution in [0.3, 0.4) is 0 Å². The van der Waals surface area contributed by atoms with Crippen molar-refractivity contribution in [2.24, 2.45) is 7.05 Å². The first-order chi connectivity index (χ1) is 18.9. The summed E-state index contributed by atoms with van der Waals surface area (Å²) >= 11 is 0. The lowest BCUT2D eigenvalue weighted by atomic mass is 10.1. The molecule has 1 fully saturated rings. The molecule has 1 amide bonds. The van der Waals surface area contributed by atoms with Crippen LogP contribution in [0.15, 0.2) is 41.1 Å². The number of hydrogen-bond donors (Lipinski definition) is 0. The van der Waals surface area contributed by atoms with E-state index in [0.29, 0.717) is 41.7 Å². The summed E-state index contributed by atoms with van der Waals surface area (Å²) in [6.45, 7) is 0.552. The maximum Gasteiger partial charge on any atom is 0.330 e. The molecule has 0 radical (unpaired) electrons. The summed E-state index contributed by atoms with van der Waals surface area (Å²) in [6.07, 6.45) is 2.96. The molecule has 2 aromatic heterocycles. The van der Waals surface area contributed by atoms with E-state index >= 15 is 0 Å². The summed E-state index contributed by atoms with van der Waals surface area (Å²) < 4.78 is 54.0. The van der Waals surface area contributed by atoms with Crippen LogP contribution in [0.25, 0.3) is 11.7 Å². The van der Waals surface area contributed by atoms with Crippen LogP contribution in [-0.2, 0) is 26.7 Å². The first kappa shape index (κ1) is 26.7. The second-order valence-corrected chi connectivity index (χ2v) is 10.8. The van der Waals surface area contributed by atoms with Crippen molar-refractivity contribution in [2.75, 3.05) is 37.7 Å². The van der Waals surface area contributed by atoms with Crippen molar-refractivity contribution in [3.05, 3.63) is 48.0 Å². The summed E-state index contributed by atoms with van der Waals surface area (Å²) in [5.41, 5.74) is 0.674. The van der Waals surface area contributed by atoms with Gasteiger partial charge in [-0.3, -0.25) is 4.79 Å². The van der Waals surface area contributed by atoms with Gasteiger partial charge >= 0.3 is 10.2 Å². The molecule has 1 aromatic carbocycles. The van der Waals surface area contributed by atoms with E-state index in [1.807, 2.05) is 24.3 Å². The van der Waals surface area contributed by atoms with Gasteiger partial charge < -0.3 is 23.2 Å². The Morgan fingerprint density at radius 2 is 2.00 bits per heavy atom. The van der Waals surface area contributed by atoms with Crippen molar-refractivity contribution in [1.29, 1.82) is 5.26 Å². The van der Waals surface area contributed by atoms with E-state index in [9.17, 15) is 13.2 Å². The summed E-state index contributed by atoms with van der Waals surface area (Å²) in [4.78, 5) is 22.1. The number of hydrogen-bond acceptors (Lipinski definition) is 10. The Hall–Kier alpha value is -3.93. The summed E-state index contributed by atoms with van der Waals surface area (Å²) in [5.74, 6) is -0.0220. The third kappa shape index (κ3) is 4.96. The molecule has 4 heterocycles. The number of fused-ring (bicyclic) bond motifs is 1. The Bertz CT molecular complexity index is 1470. The number of anilines is 1. The van der Waals surface area contributed by atoms with Crippen LogP contribution in [-0.4, -0.2) is 72.7 Å². The molecule has 5 rings (SSSR count). The number of methoxy groups -OCH3 is 1. The van der Waals surface area contributed by atoms with Gasteiger partial charge in [0, 0.05) is 25.8 Å². The summed E-state index contributed by atoms with van der Waals surface area (Å²) in [7, 11) is -1.33. The number of para-hydroxylation sites is 1. The fourth-order valence-corrected chi connectivity index (χ4v) is 6.29. The van der Waals surface area contributed by atoms with Crippen LogP contribution < -0.4 is 9.04 Å². The Morgan fingerprint density at radius 3 is 2.69 bits per heavy atom. The molecule has 0 spiro atoms. The van der Waals surface area contributed by atoms with Crippen LogP contribution in [0.5, 0.6) is 5.75 Å². The summed E-state index contributed by atoms with van der Waals surface area (Å²) in [6, 6.07) is 9.13. The number of carbonyl (C=O) groups excluding carboxylic acids is 1. The highest BCUT2D eigenvalue weighted by atomic mass is 32.2. The number of nitrogens with zero attached hydrogens (tertiary/aromatic N) is 6. The SMILES string of the molecule is COc1ccccc1[C@H](CN1c2nc(-c3ncco3)n(C)c2C(=O)N(CCC#N)S1(=O)=O)OC1CCOCC1. The van der Waals surface area contributed by atoms with Crippen molar-refractivity contribution in [2.45, 2.75) is 31.5 Å². The molecule has 2 aliphatic heterocycles. The van der Waals surface area contributed by atoms with E-state index in [0.717, 1.165) is 4.31 Å². The quantitative estimate of drug-likeness (QED) is 0.384. The largest absolute Gasteiger partial charge is 0.496 e. The minimum Gasteiger partial charge on any atom is -0.496 e. The number of amides is 1. The number of imidazole rings is 1. The molecule has 14 heteroatoms. The smallest absolute Gasteiger partial charge is 0.330 e. The maximum atomic E-state index is 13.9. The average molecular weight is 557 g/mol. The van der Waals surface area contributed by atoms with Gasteiger partial charge in [0.1, 0.15) is 18.1 Å². The van der Waals surface area contributed by atoms with Gasteiger partial charge in [-0.1, -0.05) is 18.2 Å². The highest BCUT2D eigenvalue weighted by molar-refractivity contribution is 7.91. The van der Waals surface area contributed by atoms with Crippen LogP contribution in [0.1, 0.15) is 41.4 Å². The molecule has 1 saturated heterocycles. The van der Waals surface area contributed by atoms with Gasteiger partial charge in [-0.05, 0) is 18.9 Å². The van der Waals surface area contributed by atoms with E-state index in [2.05, 4.69) is 9.97 Å². The molecule has 206 valence electrons. The van der Waals surface area contributed by atoms with E-state index in [4.69, 9.17) is 23.9 Å². The van der Waals surface area contributed by atoms with Crippen molar-refractivity contribution >= 4 is 21.9 Å². The van der Waals surface area contributed by atoms with Crippen molar-refractivity contribution in [3.63, 3.8) is 0 Å². The number of nitriles is 1. The Balaban J connectivity index is 1.62. The molecule has 39 heavy (non-hydrogen) atoms. The third-order valence-electron chi connectivity index (χ3n) is 6.69. The number of rotatable bonds is 9. The zero-order valence-electron chi connectivity index (χ0n) is 21.5. The fraction of sp³-hybridized carbons (Fsp3) is 0.440. The molecule has 13 nitrogen and oxygen atoms in total. The van der Waals surface area contributed by atoms with Gasteiger partial charge in [0.25, 0.3) is 11.8 Å². The summed E-state index contributed by atoms with van der Waals surface area (Å²) in [5, 5.41) is 9.15. The van der Waals surface area contributed by atoms with Gasteiger partial charge in [0.05, 0.1) is 45.0 Å². The topological polar surface area (TPSA) is 153 Å². The van der Waals surface area contributed by atoms with E-state index in [1.54, 1.807) is 13.1 Å². The Kier molecular flexibility index (Phi) is 7.56. The first-order valence-electron chi connectivity index (χ1n) is 12.4. The zero-order valence-corrected chi connectivity index (χ0v) is 22.3. The second-order valence-electron chi connectivity index (χ2n) is 9.01. The molecule has 2 aliphatic rings. The number of aromatic nitrogens is 3. The predicted octanol–water partition coefficient (Wildman–Crippen LogP) is 2.44. The van der Waals surface area contributed by atoms with E-state index in [1.165, 1.54) is 24.1 Å². The molecule has 0 N–H and O–H groups in total. The standard InChI is InChI=1S/C25H28N6O7S/c1-29-21-22(28-23(29)24-27-11-15-37-24)31(39(33,34)30(25(21)32)12-5-10-26)16-20(38-17-8-13-36-14-9-17)18-6-3-4-7-19(18)35-2/h3-4,6-7,11,15,17,20H,5,8-9,12-14,16H2,1-2H3/t20-/m0/s1. The molecule has 0 saturated carbocycles. The van der Waals surface area contributed by atoms with Gasteiger partial charge in [0.2, 0.25) is 0 Å². The van der Waals surface area contributed by atoms with Crippen LogP contribution in [0.2, 0.25) is 0 Å². The molecule has 0 unspecified atom stereocenters. The molecule has 3 aromatic rings. The zero-order chi connectivity index (χ0) is 27.6. The van der Waals surface area contributed by atoms with Gasteiger partial charge in [-0.25, -0.2) is 18.6 Å². The van der Waals surface area contributed by atoms with Gasteiger partial charge in [-0.15, -0.1) is 0 Å². The predicted molar refractivity (Wildman–Crippen MR) is 137 cm³/mol. The van der Waals surface area contributed by atoms with E-state index < -0.39 is 22.2 Å². The minimum atomic E-state index is -4.44. The average Bonchev–Trinajstić information content (AvgIpc) is 3.59. The Morgan fingerprint density at radius 1 is 1.23 bits per heavy atom. The lowest BCUT2D eigenvalue weighted by Gasteiger charge is -2.37. The van der Waals surface area contributed by atoms with Crippen LogP contribution in [0.4, 0.5) is 5.82 Å². The van der Waals surface area contributed by atoms with Crippen molar-refractivity contribution in [3.8, 4) is 23.5 Å². The number of carbonyl (C=O) groups is 1. The highest BCUT2D eigenvalue weighted by Gasteiger charge is 2.47. The fourth-order valence-electron chi connectivity index (χ4n) is 4.76. The number of ether oxygens (including phenoxy) is 3. The molecular formula is C25H28N6O7S. The Labute approximate surface area is 225 Å². The van der Waals surface area contributed by atoms with Crippen molar-refractivity contribution in [1.82, 2.24) is 18.8 Å². The van der Waals surface area contributed by atoms with Crippen LogP contribution >= 0.6 is 0 Å². The van der Waals surface area contributed by atoms with E-state index in [-0.39, 0.29) is 48.8 Å². The lowest BCUT2D eigenvalue weighted by molar-refractivity contribution is -0.0668. The highest BCUT2D eigenvalue weighted by Crippen LogP contribution is 2.38. The normalized spacial score (nSPS) is 18.0. The monoisotopic (exact) mass is 556 g/mol. The van der Waals surface area contributed by atoms with Gasteiger partial charge in [0.15, 0.2) is 17.3 Å². The third-order valence-corrected chi connectivity index (χ3v) is 8.48. The van der Waals surface area contributed by atoms with Gasteiger partial charge in [-0.2, -0.15) is 13.7 Å². The number of oxazole rings is 1. The molecular weight excluding hydrogens is 528 g/mol. The number of benzene rings is 1. The molecule has 0 bridgehead atoms. The molecule has 0 aliphatic carbocycles. The first-order valence-corrected chi connectivity index (χ1v) is 13.8. The van der Waals surface area contributed by atoms with Crippen LogP contribution in [0, 0.1) is 11.3 Å². The second kappa shape index (κ2) is 11.0.